The van der Waals surface area contributed by atoms with E-state index in [1.807, 2.05) is 0 Å². The van der Waals surface area contributed by atoms with Crippen LogP contribution in [0.15, 0.2) is 47.9 Å². The van der Waals surface area contributed by atoms with Gasteiger partial charge in [0.15, 0.2) is 10.9 Å². The molecule has 1 N–H and O–H groups in total. The Morgan fingerprint density at radius 3 is 2.50 bits per heavy atom. The van der Waals surface area contributed by atoms with E-state index >= 15 is 0 Å². The molecule has 0 atom stereocenters. The molecule has 2 aromatic heterocycles. The van der Waals surface area contributed by atoms with Crippen molar-refractivity contribution in [2.24, 2.45) is 0 Å². The predicted molar refractivity (Wildman–Crippen MR) is 109 cm³/mol. The highest BCUT2D eigenvalue weighted by Gasteiger charge is 2.31. The van der Waals surface area contributed by atoms with Gasteiger partial charge in [-0.15, -0.1) is 18.3 Å². The van der Waals surface area contributed by atoms with Crippen molar-refractivity contribution < 1.29 is 22.7 Å². The van der Waals surface area contributed by atoms with Crippen molar-refractivity contribution in [2.45, 2.75) is 49.0 Å². The molecule has 1 saturated carbocycles. The van der Waals surface area contributed by atoms with Crippen molar-refractivity contribution in [1.29, 1.82) is 0 Å². The minimum atomic E-state index is -4.78. The average molecular weight is 464 g/mol. The zero-order chi connectivity index (χ0) is 22.6. The number of carbonyl (C=O) groups excluding carboxylic acids is 1. The quantitative estimate of drug-likeness (QED) is 0.418. The molecule has 0 radical (unpaired) electrons. The molecule has 32 heavy (non-hydrogen) atoms. The fourth-order valence-corrected chi connectivity index (χ4v) is 4.22. The van der Waals surface area contributed by atoms with E-state index in [2.05, 4.69) is 30.3 Å². The van der Waals surface area contributed by atoms with Crippen LogP contribution in [0.1, 0.15) is 41.9 Å². The topological polar surface area (TPSA) is 94.8 Å². The lowest BCUT2D eigenvalue weighted by Crippen LogP contribution is -2.33. The summed E-state index contributed by atoms with van der Waals surface area (Å²) in [6.45, 7) is 0. The molecule has 2 heterocycles. The third kappa shape index (κ3) is 5.55. The Kier molecular flexibility index (Phi) is 6.58. The number of aromatic nitrogens is 5. The van der Waals surface area contributed by atoms with Gasteiger partial charge in [-0.2, -0.15) is 0 Å². The molecule has 1 amide bonds. The molecule has 0 unspecified atom stereocenters. The SMILES string of the molecule is O=C(NC1CCCC1)c1nnn(-c2ccc(OC(F)(F)F)cc2)c1CSc1ncccn1. The number of alkyl halides is 3. The highest BCUT2D eigenvalue weighted by molar-refractivity contribution is 7.98. The second-order valence-electron chi connectivity index (χ2n) is 7.11. The third-order valence-corrected chi connectivity index (χ3v) is 5.75. The number of benzene rings is 1. The summed E-state index contributed by atoms with van der Waals surface area (Å²) in [6.07, 6.45) is 2.41. The molecule has 4 rings (SSSR count). The molecule has 3 aromatic rings. The van der Waals surface area contributed by atoms with Crippen LogP contribution in [-0.2, 0) is 5.75 Å². The molecular formula is C20H19F3N6O2S. The van der Waals surface area contributed by atoms with Crippen molar-refractivity contribution >= 4 is 17.7 Å². The van der Waals surface area contributed by atoms with Crippen LogP contribution in [-0.4, -0.2) is 43.3 Å². The van der Waals surface area contributed by atoms with Crippen LogP contribution in [0.2, 0.25) is 0 Å². The number of ether oxygens (including phenoxy) is 1. The molecule has 168 valence electrons. The lowest BCUT2D eigenvalue weighted by molar-refractivity contribution is -0.274. The van der Waals surface area contributed by atoms with Crippen molar-refractivity contribution in [3.8, 4) is 11.4 Å². The molecule has 8 nitrogen and oxygen atoms in total. The number of hydrogen-bond acceptors (Lipinski definition) is 7. The Morgan fingerprint density at radius 2 is 1.84 bits per heavy atom. The highest BCUT2D eigenvalue weighted by Crippen LogP contribution is 2.26. The smallest absolute Gasteiger partial charge is 0.406 e. The first-order chi connectivity index (χ1) is 15.4. The first-order valence-corrected chi connectivity index (χ1v) is 10.9. The van der Waals surface area contributed by atoms with Crippen LogP contribution in [0.4, 0.5) is 13.2 Å². The van der Waals surface area contributed by atoms with Crippen molar-refractivity contribution in [3.05, 3.63) is 54.1 Å². The average Bonchev–Trinajstić information content (AvgIpc) is 3.42. The molecule has 0 bridgehead atoms. The maximum Gasteiger partial charge on any atom is 0.573 e. The van der Waals surface area contributed by atoms with Crippen LogP contribution in [0.5, 0.6) is 5.75 Å². The van der Waals surface area contributed by atoms with Gasteiger partial charge >= 0.3 is 6.36 Å². The second-order valence-corrected chi connectivity index (χ2v) is 8.06. The summed E-state index contributed by atoms with van der Waals surface area (Å²) in [6, 6.07) is 6.99. The number of nitrogens with zero attached hydrogens (tertiary/aromatic N) is 5. The molecule has 1 aliphatic rings. The maximum absolute atomic E-state index is 12.9. The lowest BCUT2D eigenvalue weighted by atomic mass is 10.2. The molecule has 1 aliphatic carbocycles. The molecular weight excluding hydrogens is 445 g/mol. The number of nitrogens with one attached hydrogen (secondary N) is 1. The van der Waals surface area contributed by atoms with Gasteiger partial charge in [-0.1, -0.05) is 29.8 Å². The van der Waals surface area contributed by atoms with Gasteiger partial charge in [0, 0.05) is 24.2 Å². The van der Waals surface area contributed by atoms with Crippen molar-refractivity contribution in [2.75, 3.05) is 0 Å². The van der Waals surface area contributed by atoms with E-state index < -0.39 is 6.36 Å². The molecule has 12 heteroatoms. The van der Waals surface area contributed by atoms with Crippen LogP contribution < -0.4 is 10.1 Å². The van der Waals surface area contributed by atoms with Crippen LogP contribution >= 0.6 is 11.8 Å². The Balaban J connectivity index is 1.60. The summed E-state index contributed by atoms with van der Waals surface area (Å²) >= 11 is 1.30. The Labute approximate surface area is 185 Å². The van der Waals surface area contributed by atoms with Crippen LogP contribution in [0, 0.1) is 0 Å². The van der Waals surface area contributed by atoms with E-state index in [1.54, 1.807) is 18.5 Å². The zero-order valence-electron chi connectivity index (χ0n) is 16.7. The molecule has 0 saturated heterocycles. The predicted octanol–water partition coefficient (Wildman–Crippen LogP) is 3.92. The lowest BCUT2D eigenvalue weighted by Gasteiger charge is -2.12. The minimum absolute atomic E-state index is 0.101. The summed E-state index contributed by atoms with van der Waals surface area (Å²) in [5.74, 6) is -0.399. The third-order valence-electron chi connectivity index (χ3n) is 4.86. The van der Waals surface area contributed by atoms with Gasteiger partial charge < -0.3 is 10.1 Å². The molecule has 0 spiro atoms. The Morgan fingerprint density at radius 1 is 1.16 bits per heavy atom. The maximum atomic E-state index is 12.9. The standard InChI is InChI=1S/C20H19F3N6O2S/c21-20(22,23)31-15-8-6-14(7-9-15)29-16(12-32-19-24-10-3-11-25-19)17(27-28-29)18(30)26-13-4-1-2-5-13/h3,6-11,13H,1-2,4-5,12H2,(H,26,30). The number of hydrogen-bond donors (Lipinski definition) is 1. The summed E-state index contributed by atoms with van der Waals surface area (Å²) < 4.78 is 42.7. The van der Waals surface area contributed by atoms with E-state index in [9.17, 15) is 18.0 Å². The summed E-state index contributed by atoms with van der Waals surface area (Å²) in [4.78, 5) is 21.2. The molecule has 1 fully saturated rings. The van der Waals surface area contributed by atoms with Gasteiger partial charge in [0.25, 0.3) is 5.91 Å². The van der Waals surface area contributed by atoms with Crippen LogP contribution in [0.25, 0.3) is 5.69 Å². The van der Waals surface area contributed by atoms with E-state index in [1.165, 1.54) is 40.7 Å². The normalized spacial score (nSPS) is 14.5. The van der Waals surface area contributed by atoms with Crippen molar-refractivity contribution in [1.82, 2.24) is 30.3 Å². The number of rotatable bonds is 7. The zero-order valence-corrected chi connectivity index (χ0v) is 17.6. The van der Waals surface area contributed by atoms with E-state index in [0.717, 1.165) is 25.7 Å². The summed E-state index contributed by atoms with van der Waals surface area (Å²) in [7, 11) is 0. The van der Waals surface area contributed by atoms with E-state index in [0.29, 0.717) is 16.5 Å². The number of carbonyl (C=O) groups is 1. The first kappa shape index (κ1) is 22.1. The van der Waals surface area contributed by atoms with Gasteiger partial charge in [-0.25, -0.2) is 14.6 Å². The van der Waals surface area contributed by atoms with Gasteiger partial charge in [0.2, 0.25) is 0 Å². The fraction of sp³-hybridized carbons (Fsp3) is 0.350. The number of thioether (sulfide) groups is 1. The summed E-state index contributed by atoms with van der Waals surface area (Å²) in [5, 5.41) is 11.7. The van der Waals surface area contributed by atoms with Crippen LogP contribution in [0.3, 0.4) is 0 Å². The van der Waals surface area contributed by atoms with Gasteiger partial charge in [0.05, 0.1) is 11.4 Å². The van der Waals surface area contributed by atoms with Gasteiger partial charge in [-0.05, 0) is 43.2 Å². The van der Waals surface area contributed by atoms with Crippen molar-refractivity contribution in [3.63, 3.8) is 0 Å². The molecule has 1 aromatic carbocycles. The minimum Gasteiger partial charge on any atom is -0.406 e. The summed E-state index contributed by atoms with van der Waals surface area (Å²) in [5.41, 5.74) is 1.09. The largest absolute Gasteiger partial charge is 0.573 e. The first-order valence-electron chi connectivity index (χ1n) is 9.90. The van der Waals surface area contributed by atoms with E-state index in [-0.39, 0.29) is 29.1 Å². The number of halogens is 3. The monoisotopic (exact) mass is 464 g/mol. The highest BCUT2D eigenvalue weighted by atomic mass is 32.2. The van der Waals surface area contributed by atoms with E-state index in [4.69, 9.17) is 0 Å². The Hall–Kier alpha value is -3.15. The molecule has 0 aliphatic heterocycles. The fourth-order valence-electron chi connectivity index (χ4n) is 3.42. The van der Waals surface area contributed by atoms with Gasteiger partial charge in [0.1, 0.15) is 5.75 Å². The number of amides is 1. The van der Waals surface area contributed by atoms with Gasteiger partial charge in [-0.3, -0.25) is 4.79 Å². The second kappa shape index (κ2) is 9.55. The Bertz CT molecular complexity index is 1050.